The molecule has 0 spiro atoms. The van der Waals surface area contributed by atoms with Gasteiger partial charge in [0.15, 0.2) is 0 Å². The summed E-state index contributed by atoms with van der Waals surface area (Å²) in [7, 11) is 0. The first-order valence-corrected chi connectivity index (χ1v) is 5.63. The summed E-state index contributed by atoms with van der Waals surface area (Å²) in [4.78, 5) is 25.1. The molecule has 6 heteroatoms. The Morgan fingerprint density at radius 3 is 2.68 bits per heavy atom. The number of aliphatic carboxylic acids is 1. The van der Waals surface area contributed by atoms with E-state index < -0.39 is 12.0 Å². The van der Waals surface area contributed by atoms with Gasteiger partial charge in [0, 0.05) is 30.4 Å². The summed E-state index contributed by atoms with van der Waals surface area (Å²) in [6, 6.07) is 6.75. The molecule has 5 N–H and O–H groups in total. The van der Waals surface area contributed by atoms with Crippen LogP contribution in [0.25, 0.3) is 10.9 Å². The summed E-state index contributed by atoms with van der Waals surface area (Å²) in [5, 5.41) is 12.5. The largest absolute Gasteiger partial charge is 0.480 e. The molecule has 19 heavy (non-hydrogen) atoms. The Kier molecular flexibility index (Phi) is 4.66. The number of hydrogen-bond acceptors (Lipinski definition) is 2. The van der Waals surface area contributed by atoms with Gasteiger partial charge in [-0.05, 0) is 11.6 Å². The molecule has 1 heterocycles. The molecule has 0 saturated heterocycles. The number of carbonyl (C=O) groups is 2. The Bertz CT molecular complexity index is 591. The zero-order valence-electron chi connectivity index (χ0n) is 10.4. The maximum absolute atomic E-state index is 11.1. The van der Waals surface area contributed by atoms with E-state index in [1.54, 1.807) is 6.20 Å². The van der Waals surface area contributed by atoms with Crippen molar-refractivity contribution >= 4 is 22.8 Å². The van der Waals surface area contributed by atoms with Crippen LogP contribution < -0.4 is 5.32 Å². The van der Waals surface area contributed by atoms with E-state index in [1.807, 2.05) is 24.3 Å². The fraction of sp³-hybridized carbons (Fsp3) is 0.231. The van der Waals surface area contributed by atoms with Crippen LogP contribution in [0.5, 0.6) is 0 Å². The minimum atomic E-state index is -1.03. The summed E-state index contributed by atoms with van der Waals surface area (Å²) in [6.45, 7) is 1.31. The van der Waals surface area contributed by atoms with Gasteiger partial charge in [-0.1, -0.05) is 18.2 Å². The topological polar surface area (TPSA) is 114 Å². The number of fused-ring (bicyclic) bond motifs is 1. The average Bonchev–Trinajstić information content (AvgIpc) is 2.71. The van der Waals surface area contributed by atoms with Crippen molar-refractivity contribution in [3.63, 3.8) is 0 Å². The lowest BCUT2D eigenvalue weighted by molar-refractivity contribution is -0.141. The number of aromatic nitrogens is 1. The normalized spacial score (nSPS) is 11.6. The SMILES string of the molecule is CC(=O)N[C@@H](Cc1c[nH]c2ccccc12)C(=O)O.O. The first-order valence-electron chi connectivity index (χ1n) is 5.63. The van der Waals surface area contributed by atoms with Gasteiger partial charge in [0.2, 0.25) is 5.91 Å². The number of carbonyl (C=O) groups excluding carboxylic acids is 1. The highest BCUT2D eigenvalue weighted by molar-refractivity contribution is 5.86. The molecule has 0 aliphatic rings. The van der Waals surface area contributed by atoms with Crippen molar-refractivity contribution in [3.8, 4) is 0 Å². The first kappa shape index (κ1) is 14.7. The van der Waals surface area contributed by atoms with Crippen LogP contribution in [-0.2, 0) is 16.0 Å². The van der Waals surface area contributed by atoms with Crippen LogP contribution in [-0.4, -0.2) is 33.5 Å². The number of amides is 1. The van der Waals surface area contributed by atoms with E-state index in [1.165, 1.54) is 6.92 Å². The molecule has 2 aromatic rings. The molecule has 2 rings (SSSR count). The molecule has 0 bridgehead atoms. The number of rotatable bonds is 4. The third kappa shape index (κ3) is 3.32. The lowest BCUT2D eigenvalue weighted by atomic mass is 10.1. The Morgan fingerprint density at radius 2 is 2.05 bits per heavy atom. The van der Waals surface area contributed by atoms with Gasteiger partial charge in [0.05, 0.1) is 0 Å². The van der Waals surface area contributed by atoms with Gasteiger partial charge in [-0.3, -0.25) is 4.79 Å². The molecule has 0 aliphatic carbocycles. The molecule has 0 radical (unpaired) electrons. The zero-order valence-corrected chi connectivity index (χ0v) is 10.4. The molecule has 1 amide bonds. The quantitative estimate of drug-likeness (QED) is 0.745. The van der Waals surface area contributed by atoms with Crippen LogP contribution >= 0.6 is 0 Å². The smallest absolute Gasteiger partial charge is 0.326 e. The summed E-state index contributed by atoms with van der Waals surface area (Å²) in [5.41, 5.74) is 1.84. The summed E-state index contributed by atoms with van der Waals surface area (Å²) >= 11 is 0. The number of nitrogens with one attached hydrogen (secondary N) is 2. The summed E-state index contributed by atoms with van der Waals surface area (Å²) in [6.07, 6.45) is 2.04. The Morgan fingerprint density at radius 1 is 1.37 bits per heavy atom. The van der Waals surface area contributed by atoms with E-state index in [0.29, 0.717) is 0 Å². The molecule has 1 aromatic carbocycles. The zero-order chi connectivity index (χ0) is 13.1. The van der Waals surface area contributed by atoms with Crippen LogP contribution in [0.1, 0.15) is 12.5 Å². The number of H-pyrrole nitrogens is 1. The number of aromatic amines is 1. The van der Waals surface area contributed by atoms with Crippen LogP contribution in [0.3, 0.4) is 0 Å². The van der Waals surface area contributed by atoms with Crippen molar-refractivity contribution in [3.05, 3.63) is 36.0 Å². The molecule has 6 nitrogen and oxygen atoms in total. The van der Waals surface area contributed by atoms with Crippen molar-refractivity contribution < 1.29 is 20.2 Å². The van der Waals surface area contributed by atoms with Gasteiger partial charge >= 0.3 is 5.97 Å². The van der Waals surface area contributed by atoms with E-state index in [9.17, 15) is 9.59 Å². The highest BCUT2D eigenvalue weighted by atomic mass is 16.4. The second-order valence-corrected chi connectivity index (χ2v) is 4.15. The van der Waals surface area contributed by atoms with Gasteiger partial charge < -0.3 is 20.9 Å². The minimum absolute atomic E-state index is 0. The molecule has 0 saturated carbocycles. The molecule has 1 aromatic heterocycles. The molecule has 102 valence electrons. The fourth-order valence-corrected chi connectivity index (χ4v) is 1.97. The van der Waals surface area contributed by atoms with Crippen molar-refractivity contribution in [2.45, 2.75) is 19.4 Å². The van der Waals surface area contributed by atoms with E-state index in [4.69, 9.17) is 5.11 Å². The highest BCUT2D eigenvalue weighted by Gasteiger charge is 2.20. The summed E-state index contributed by atoms with van der Waals surface area (Å²) in [5.74, 6) is -1.38. The predicted molar refractivity (Wildman–Crippen MR) is 70.9 cm³/mol. The van der Waals surface area contributed by atoms with Gasteiger partial charge in [0.1, 0.15) is 6.04 Å². The predicted octanol–water partition coefficient (Wildman–Crippen LogP) is 0.475. The minimum Gasteiger partial charge on any atom is -0.480 e. The Hall–Kier alpha value is -2.34. The molecular weight excluding hydrogens is 248 g/mol. The van der Waals surface area contributed by atoms with Crippen molar-refractivity contribution in [1.29, 1.82) is 0 Å². The second-order valence-electron chi connectivity index (χ2n) is 4.15. The molecule has 0 aliphatic heterocycles. The molecular formula is C13H16N2O4. The lowest BCUT2D eigenvalue weighted by Crippen LogP contribution is -2.41. The van der Waals surface area contributed by atoms with Crippen molar-refractivity contribution in [1.82, 2.24) is 10.3 Å². The van der Waals surface area contributed by atoms with Crippen LogP contribution in [0.2, 0.25) is 0 Å². The second kappa shape index (κ2) is 6.01. The van der Waals surface area contributed by atoms with Crippen molar-refractivity contribution in [2.24, 2.45) is 0 Å². The molecule has 0 fully saturated rings. The number of benzene rings is 1. The monoisotopic (exact) mass is 264 g/mol. The molecule has 1 atom stereocenters. The number of carboxylic acid groups (broad SMARTS) is 1. The number of hydrogen-bond donors (Lipinski definition) is 3. The third-order valence-corrected chi connectivity index (χ3v) is 2.77. The maximum atomic E-state index is 11.1. The average molecular weight is 264 g/mol. The van der Waals surface area contributed by atoms with Gasteiger partial charge in [-0.2, -0.15) is 0 Å². The molecule has 0 unspecified atom stereocenters. The van der Waals surface area contributed by atoms with Gasteiger partial charge in [0.25, 0.3) is 0 Å². The van der Waals surface area contributed by atoms with E-state index in [-0.39, 0.29) is 17.8 Å². The van der Waals surface area contributed by atoms with E-state index in [2.05, 4.69) is 10.3 Å². The fourth-order valence-electron chi connectivity index (χ4n) is 1.97. The van der Waals surface area contributed by atoms with Crippen LogP contribution in [0.15, 0.2) is 30.5 Å². The Balaban J connectivity index is 0.00000180. The van der Waals surface area contributed by atoms with Crippen LogP contribution in [0, 0.1) is 0 Å². The highest BCUT2D eigenvalue weighted by Crippen LogP contribution is 2.19. The number of para-hydroxylation sites is 1. The maximum Gasteiger partial charge on any atom is 0.326 e. The van der Waals surface area contributed by atoms with E-state index in [0.717, 1.165) is 16.5 Å². The summed E-state index contributed by atoms with van der Waals surface area (Å²) < 4.78 is 0. The van der Waals surface area contributed by atoms with Crippen molar-refractivity contribution in [2.75, 3.05) is 0 Å². The van der Waals surface area contributed by atoms with Crippen LogP contribution in [0.4, 0.5) is 0 Å². The Labute approximate surface area is 109 Å². The van der Waals surface area contributed by atoms with Gasteiger partial charge in [-0.15, -0.1) is 0 Å². The third-order valence-electron chi connectivity index (χ3n) is 2.77. The number of carboxylic acids is 1. The lowest BCUT2D eigenvalue weighted by Gasteiger charge is -2.12. The first-order chi connectivity index (χ1) is 8.58. The van der Waals surface area contributed by atoms with E-state index >= 15 is 0 Å². The standard InChI is InChI=1S/C13H14N2O3.H2O/c1-8(16)15-12(13(17)18)6-9-7-14-11-5-3-2-4-10(9)11;/h2-5,7,12,14H,6H2,1H3,(H,15,16)(H,17,18);1H2/t12-;/m0./s1. The van der Waals surface area contributed by atoms with Gasteiger partial charge in [-0.25, -0.2) is 4.79 Å².